The van der Waals surface area contributed by atoms with Crippen LogP contribution in [0.25, 0.3) is 0 Å². The number of carbonyl (C=O) groups is 1. The third-order valence-corrected chi connectivity index (χ3v) is 5.69. The smallest absolute Gasteiger partial charge is 0.243 e. The van der Waals surface area contributed by atoms with Crippen LogP contribution in [0, 0.1) is 5.92 Å². The Kier molecular flexibility index (Phi) is 6.17. The van der Waals surface area contributed by atoms with Gasteiger partial charge in [-0.2, -0.15) is 0 Å². The van der Waals surface area contributed by atoms with Crippen LogP contribution >= 0.6 is 0 Å². The van der Waals surface area contributed by atoms with Crippen molar-refractivity contribution in [2.24, 2.45) is 5.92 Å². The minimum Gasteiger partial charge on any atom is -0.481 e. The lowest BCUT2D eigenvalue weighted by Crippen LogP contribution is -2.43. The molecular formula is C16H25N3O4S. The molecule has 0 unspecified atom stereocenters. The number of carbonyl (C=O) groups excluding carboxylic acids is 1. The van der Waals surface area contributed by atoms with E-state index in [1.807, 2.05) is 0 Å². The molecule has 1 N–H and O–H groups in total. The molecule has 1 heterocycles. The van der Waals surface area contributed by atoms with Gasteiger partial charge < -0.3 is 9.64 Å². The summed E-state index contributed by atoms with van der Waals surface area (Å²) in [5.74, 6) is 0.00171. The Morgan fingerprint density at radius 1 is 1.33 bits per heavy atom. The van der Waals surface area contributed by atoms with Gasteiger partial charge in [0.2, 0.25) is 21.8 Å². The van der Waals surface area contributed by atoms with E-state index in [4.69, 9.17) is 4.74 Å². The van der Waals surface area contributed by atoms with Gasteiger partial charge in [0, 0.05) is 19.2 Å². The van der Waals surface area contributed by atoms with Crippen LogP contribution < -0.4 is 14.4 Å². The van der Waals surface area contributed by atoms with Crippen LogP contribution in [0.15, 0.2) is 18.3 Å². The lowest BCUT2D eigenvalue weighted by molar-refractivity contribution is -0.116. The summed E-state index contributed by atoms with van der Waals surface area (Å²) in [6.07, 6.45) is 5.15. The third-order valence-electron chi connectivity index (χ3n) is 4.37. The number of amides is 1. The molecule has 0 radical (unpaired) electrons. The maximum atomic E-state index is 12.3. The standard InChI is InChI=1S/C16H25N3O4S/c1-12-4-6-13(7-5-12)18-24(21,22)11-16(20)19(2)14-8-9-15(23-3)17-10-14/h8-10,12-13,18H,4-7,11H2,1-3H3. The van der Waals surface area contributed by atoms with Crippen molar-refractivity contribution in [2.45, 2.75) is 38.6 Å². The summed E-state index contributed by atoms with van der Waals surface area (Å²) in [6, 6.07) is 3.22. The number of aromatic nitrogens is 1. The maximum absolute atomic E-state index is 12.3. The Bertz CT molecular complexity index is 652. The number of methoxy groups -OCH3 is 1. The van der Waals surface area contributed by atoms with Crippen molar-refractivity contribution in [2.75, 3.05) is 24.8 Å². The quantitative estimate of drug-likeness (QED) is 0.836. The highest BCUT2D eigenvalue weighted by atomic mass is 32.2. The van der Waals surface area contributed by atoms with Gasteiger partial charge in [0.15, 0.2) is 0 Å². The van der Waals surface area contributed by atoms with Crippen LogP contribution in [0.1, 0.15) is 32.6 Å². The van der Waals surface area contributed by atoms with Crippen LogP contribution in [-0.2, 0) is 14.8 Å². The van der Waals surface area contributed by atoms with Crippen molar-refractivity contribution in [1.82, 2.24) is 9.71 Å². The van der Waals surface area contributed by atoms with Crippen molar-refractivity contribution in [3.8, 4) is 5.88 Å². The van der Waals surface area contributed by atoms with Crippen LogP contribution in [0.3, 0.4) is 0 Å². The molecule has 1 amide bonds. The van der Waals surface area contributed by atoms with E-state index in [-0.39, 0.29) is 6.04 Å². The molecule has 2 rings (SSSR count). The van der Waals surface area contributed by atoms with Crippen LogP contribution in [0.4, 0.5) is 5.69 Å². The molecule has 0 bridgehead atoms. The Morgan fingerprint density at radius 2 is 2.00 bits per heavy atom. The number of pyridine rings is 1. The highest BCUT2D eigenvalue weighted by molar-refractivity contribution is 7.90. The number of nitrogens with one attached hydrogen (secondary N) is 1. The number of hydrogen-bond donors (Lipinski definition) is 1. The fourth-order valence-electron chi connectivity index (χ4n) is 2.77. The van der Waals surface area contributed by atoms with Crippen molar-refractivity contribution in [3.05, 3.63) is 18.3 Å². The van der Waals surface area contributed by atoms with E-state index in [0.29, 0.717) is 17.5 Å². The molecule has 1 aromatic heterocycles. The van der Waals surface area contributed by atoms with Gasteiger partial charge in [0.05, 0.1) is 19.0 Å². The zero-order chi connectivity index (χ0) is 17.7. The molecule has 7 nitrogen and oxygen atoms in total. The second-order valence-electron chi connectivity index (χ2n) is 6.35. The molecule has 1 aromatic rings. The van der Waals surface area contributed by atoms with E-state index in [1.54, 1.807) is 12.1 Å². The molecule has 1 saturated carbocycles. The fraction of sp³-hybridized carbons (Fsp3) is 0.625. The molecule has 134 valence electrons. The van der Waals surface area contributed by atoms with Gasteiger partial charge >= 0.3 is 0 Å². The molecule has 0 aliphatic heterocycles. The minimum absolute atomic E-state index is 0.0630. The predicted molar refractivity (Wildman–Crippen MR) is 92.5 cm³/mol. The molecule has 24 heavy (non-hydrogen) atoms. The number of hydrogen-bond acceptors (Lipinski definition) is 5. The summed E-state index contributed by atoms with van der Waals surface area (Å²) in [4.78, 5) is 17.6. The first-order valence-electron chi connectivity index (χ1n) is 8.07. The monoisotopic (exact) mass is 355 g/mol. The van der Waals surface area contributed by atoms with Gasteiger partial charge in [-0.1, -0.05) is 6.92 Å². The van der Waals surface area contributed by atoms with E-state index >= 15 is 0 Å². The third kappa shape index (κ3) is 5.17. The van der Waals surface area contributed by atoms with Crippen LogP contribution in [0.2, 0.25) is 0 Å². The second-order valence-corrected chi connectivity index (χ2v) is 8.10. The number of anilines is 1. The Labute approximate surface area is 143 Å². The van der Waals surface area contributed by atoms with Gasteiger partial charge in [-0.05, 0) is 37.7 Å². The SMILES string of the molecule is COc1ccc(N(C)C(=O)CS(=O)(=O)NC2CCC(C)CC2)cn1. The van der Waals surface area contributed by atoms with E-state index in [1.165, 1.54) is 25.3 Å². The van der Waals surface area contributed by atoms with Crippen molar-refractivity contribution in [1.29, 1.82) is 0 Å². The molecule has 1 aliphatic rings. The summed E-state index contributed by atoms with van der Waals surface area (Å²) in [7, 11) is -0.618. The first-order chi connectivity index (χ1) is 11.3. The Morgan fingerprint density at radius 3 is 2.54 bits per heavy atom. The molecule has 0 atom stereocenters. The molecule has 8 heteroatoms. The summed E-state index contributed by atoms with van der Waals surface area (Å²) >= 11 is 0. The van der Waals surface area contributed by atoms with Gasteiger partial charge in [0.25, 0.3) is 0 Å². The van der Waals surface area contributed by atoms with Crippen LogP contribution in [-0.4, -0.2) is 45.3 Å². The summed E-state index contributed by atoms with van der Waals surface area (Å²) in [5.41, 5.74) is 0.516. The minimum atomic E-state index is -3.65. The van der Waals surface area contributed by atoms with Crippen molar-refractivity contribution < 1.29 is 17.9 Å². The molecule has 1 fully saturated rings. The first-order valence-corrected chi connectivity index (χ1v) is 9.72. The van der Waals surface area contributed by atoms with Crippen molar-refractivity contribution >= 4 is 21.6 Å². The molecular weight excluding hydrogens is 330 g/mol. The number of sulfonamides is 1. The lowest BCUT2D eigenvalue weighted by Gasteiger charge is -2.27. The Balaban J connectivity index is 1.93. The second kappa shape index (κ2) is 7.94. The first kappa shape index (κ1) is 18.7. The van der Waals surface area contributed by atoms with Gasteiger partial charge in [-0.15, -0.1) is 0 Å². The zero-order valence-corrected chi connectivity index (χ0v) is 15.2. The zero-order valence-electron chi connectivity index (χ0n) is 14.4. The average molecular weight is 355 g/mol. The molecule has 1 aliphatic carbocycles. The number of rotatable bonds is 6. The lowest BCUT2D eigenvalue weighted by atomic mass is 9.88. The summed E-state index contributed by atoms with van der Waals surface area (Å²) < 4.78 is 32.1. The van der Waals surface area contributed by atoms with Crippen LogP contribution in [0.5, 0.6) is 5.88 Å². The predicted octanol–water partition coefficient (Wildman–Crippen LogP) is 1.55. The largest absolute Gasteiger partial charge is 0.481 e. The maximum Gasteiger partial charge on any atom is 0.243 e. The topological polar surface area (TPSA) is 88.6 Å². The number of ether oxygens (including phenoxy) is 1. The van der Waals surface area contributed by atoms with E-state index in [0.717, 1.165) is 25.7 Å². The summed E-state index contributed by atoms with van der Waals surface area (Å²) in [6.45, 7) is 2.17. The molecule has 0 spiro atoms. The summed E-state index contributed by atoms with van der Waals surface area (Å²) in [5, 5.41) is 0. The van der Waals surface area contributed by atoms with E-state index in [2.05, 4.69) is 16.6 Å². The Hall–Kier alpha value is -1.67. The molecule has 0 aromatic carbocycles. The fourth-order valence-corrected chi connectivity index (χ4v) is 4.11. The highest BCUT2D eigenvalue weighted by Crippen LogP contribution is 2.24. The van der Waals surface area contributed by atoms with E-state index < -0.39 is 21.7 Å². The van der Waals surface area contributed by atoms with Gasteiger partial charge in [-0.25, -0.2) is 18.1 Å². The average Bonchev–Trinajstić information content (AvgIpc) is 2.55. The van der Waals surface area contributed by atoms with E-state index in [9.17, 15) is 13.2 Å². The van der Waals surface area contributed by atoms with Crippen molar-refractivity contribution in [3.63, 3.8) is 0 Å². The van der Waals surface area contributed by atoms with Gasteiger partial charge in [-0.3, -0.25) is 4.79 Å². The highest BCUT2D eigenvalue weighted by Gasteiger charge is 2.26. The normalized spacial score (nSPS) is 21.3. The molecule has 0 saturated heterocycles. The number of nitrogens with zero attached hydrogens (tertiary/aromatic N) is 2. The van der Waals surface area contributed by atoms with Gasteiger partial charge in [0.1, 0.15) is 5.75 Å².